The van der Waals surface area contributed by atoms with E-state index in [0.717, 1.165) is 13.8 Å². The van der Waals surface area contributed by atoms with Crippen molar-refractivity contribution in [3.8, 4) is 0 Å². The van der Waals surface area contributed by atoms with Crippen LogP contribution in [0.3, 0.4) is 0 Å². The number of rotatable bonds is 6. The lowest BCUT2D eigenvalue weighted by atomic mass is 9.88. The molecule has 0 aliphatic rings. The van der Waals surface area contributed by atoms with Crippen LogP contribution >= 0.6 is 0 Å². The Morgan fingerprint density at radius 1 is 0.600 bits per heavy atom. The SMILES string of the molecule is CC(C)(C)CC(OC(C)(C)CC(OC(F)(F)F)C(F)(F)F)C(F)(F)F. The molecule has 0 rings (SSSR count). The van der Waals surface area contributed by atoms with Crippen LogP contribution in [0, 0.1) is 5.41 Å². The zero-order valence-corrected chi connectivity index (χ0v) is 14.3. The largest absolute Gasteiger partial charge is 0.523 e. The van der Waals surface area contributed by atoms with Gasteiger partial charge in [-0.15, -0.1) is 13.2 Å². The molecule has 11 heteroatoms. The summed E-state index contributed by atoms with van der Waals surface area (Å²) in [6.07, 6.45) is -23.7. The maximum atomic E-state index is 13.1. The van der Waals surface area contributed by atoms with E-state index in [4.69, 9.17) is 4.74 Å². The van der Waals surface area contributed by atoms with Gasteiger partial charge in [0.2, 0.25) is 0 Å². The molecule has 0 saturated carbocycles. The van der Waals surface area contributed by atoms with Gasteiger partial charge in [-0.25, -0.2) is 0 Å². The van der Waals surface area contributed by atoms with Crippen molar-refractivity contribution in [1.82, 2.24) is 0 Å². The highest BCUT2D eigenvalue weighted by Crippen LogP contribution is 2.39. The van der Waals surface area contributed by atoms with Gasteiger partial charge in [-0.3, -0.25) is 4.74 Å². The lowest BCUT2D eigenvalue weighted by Crippen LogP contribution is -2.47. The highest BCUT2D eigenvalue weighted by Gasteiger charge is 2.52. The van der Waals surface area contributed by atoms with Gasteiger partial charge in [-0.2, -0.15) is 26.3 Å². The van der Waals surface area contributed by atoms with Crippen molar-refractivity contribution in [2.75, 3.05) is 0 Å². The van der Waals surface area contributed by atoms with E-state index in [1.807, 2.05) is 0 Å². The quantitative estimate of drug-likeness (QED) is 0.516. The summed E-state index contributed by atoms with van der Waals surface area (Å²) in [5.41, 5.74) is -3.04. The van der Waals surface area contributed by atoms with Crippen LogP contribution in [0.1, 0.15) is 47.5 Å². The Kier molecular flexibility index (Phi) is 7.28. The minimum atomic E-state index is -5.59. The highest BCUT2D eigenvalue weighted by molar-refractivity contribution is 4.84. The van der Waals surface area contributed by atoms with E-state index < -0.39 is 54.8 Å². The summed E-state index contributed by atoms with van der Waals surface area (Å²) in [6, 6.07) is 0. The van der Waals surface area contributed by atoms with Crippen molar-refractivity contribution in [2.24, 2.45) is 5.41 Å². The summed E-state index contributed by atoms with van der Waals surface area (Å²) in [4.78, 5) is 0. The molecule has 2 nitrogen and oxygen atoms in total. The Hall–Kier alpha value is -0.710. The third-order valence-electron chi connectivity index (χ3n) is 2.94. The van der Waals surface area contributed by atoms with Crippen molar-refractivity contribution >= 4 is 0 Å². The molecule has 0 fully saturated rings. The van der Waals surface area contributed by atoms with E-state index in [9.17, 15) is 39.5 Å². The van der Waals surface area contributed by atoms with E-state index >= 15 is 0 Å². The third-order valence-corrected chi connectivity index (χ3v) is 2.94. The lowest BCUT2D eigenvalue weighted by molar-refractivity contribution is -0.385. The minimum absolute atomic E-state index is 0.573. The Labute approximate surface area is 139 Å². The summed E-state index contributed by atoms with van der Waals surface area (Å²) < 4.78 is 122. The van der Waals surface area contributed by atoms with E-state index in [2.05, 4.69) is 4.74 Å². The molecule has 0 N–H and O–H groups in total. The molecule has 0 aliphatic carbocycles. The van der Waals surface area contributed by atoms with Gasteiger partial charge in [-0.1, -0.05) is 20.8 Å². The van der Waals surface area contributed by atoms with Crippen molar-refractivity contribution in [3.63, 3.8) is 0 Å². The van der Waals surface area contributed by atoms with Crippen LogP contribution in [0.15, 0.2) is 0 Å². The Bertz CT molecular complexity index is 378. The van der Waals surface area contributed by atoms with E-state index in [1.165, 1.54) is 20.8 Å². The summed E-state index contributed by atoms with van der Waals surface area (Å²) in [7, 11) is 0. The van der Waals surface area contributed by atoms with Gasteiger partial charge in [0.05, 0.1) is 5.60 Å². The van der Waals surface area contributed by atoms with Crippen LogP contribution in [0.2, 0.25) is 0 Å². The molecule has 0 amide bonds. The molecule has 2 atom stereocenters. The van der Waals surface area contributed by atoms with Gasteiger partial charge in [0.25, 0.3) is 0 Å². The first-order valence-electron chi connectivity index (χ1n) is 7.18. The average Bonchev–Trinajstić information content (AvgIpc) is 2.19. The van der Waals surface area contributed by atoms with Crippen LogP contribution in [-0.2, 0) is 9.47 Å². The number of halogens is 9. The predicted octanol–water partition coefficient (Wildman–Crippen LogP) is 6.01. The molecule has 0 spiro atoms. The first-order chi connectivity index (χ1) is 10.6. The van der Waals surface area contributed by atoms with Gasteiger partial charge < -0.3 is 4.74 Å². The Balaban J connectivity index is 5.35. The van der Waals surface area contributed by atoms with E-state index in [1.54, 1.807) is 0 Å². The molecule has 25 heavy (non-hydrogen) atoms. The predicted molar refractivity (Wildman–Crippen MR) is 70.7 cm³/mol. The van der Waals surface area contributed by atoms with Crippen LogP contribution in [0.5, 0.6) is 0 Å². The van der Waals surface area contributed by atoms with Crippen molar-refractivity contribution in [1.29, 1.82) is 0 Å². The molecule has 0 radical (unpaired) electrons. The highest BCUT2D eigenvalue weighted by atomic mass is 19.4. The molecule has 0 heterocycles. The normalized spacial score (nSPS) is 17.5. The molecule has 0 aromatic carbocycles. The first kappa shape index (κ1) is 24.3. The molecule has 0 aliphatic heterocycles. The minimum Gasteiger partial charge on any atom is -0.363 e. The lowest BCUT2D eigenvalue weighted by Gasteiger charge is -2.37. The van der Waals surface area contributed by atoms with Gasteiger partial charge >= 0.3 is 18.7 Å². The zero-order chi connectivity index (χ0) is 20.5. The van der Waals surface area contributed by atoms with Crippen LogP contribution in [0.4, 0.5) is 39.5 Å². The molecule has 0 aromatic heterocycles. The number of ether oxygens (including phenoxy) is 2. The van der Waals surface area contributed by atoms with Gasteiger partial charge in [-0.05, 0) is 25.7 Å². The maximum absolute atomic E-state index is 13.1. The van der Waals surface area contributed by atoms with Gasteiger partial charge in [0.1, 0.15) is 0 Å². The second-order valence-electron chi connectivity index (χ2n) is 7.47. The van der Waals surface area contributed by atoms with E-state index in [-0.39, 0.29) is 0 Å². The smallest absolute Gasteiger partial charge is 0.363 e. The number of hydrogen-bond acceptors (Lipinski definition) is 2. The van der Waals surface area contributed by atoms with Crippen LogP contribution < -0.4 is 0 Å². The molecule has 0 saturated heterocycles. The fourth-order valence-corrected chi connectivity index (χ4v) is 2.05. The first-order valence-corrected chi connectivity index (χ1v) is 7.18. The Morgan fingerprint density at radius 3 is 1.24 bits per heavy atom. The van der Waals surface area contributed by atoms with Gasteiger partial charge in [0.15, 0.2) is 12.2 Å². The van der Waals surface area contributed by atoms with Crippen molar-refractivity contribution in [3.05, 3.63) is 0 Å². The second-order valence-corrected chi connectivity index (χ2v) is 7.47. The number of hydrogen-bond donors (Lipinski definition) is 0. The fraction of sp³-hybridized carbons (Fsp3) is 1.00. The standard InChI is InChI=1S/C14H21F9O2/c1-10(2,3)6-8(12(15,16)17)24-11(4,5)7-9(13(18,19)20)25-14(21,22)23/h8-9H,6-7H2,1-5H3. The fourth-order valence-electron chi connectivity index (χ4n) is 2.05. The van der Waals surface area contributed by atoms with Crippen LogP contribution in [0.25, 0.3) is 0 Å². The monoisotopic (exact) mass is 392 g/mol. The summed E-state index contributed by atoms with van der Waals surface area (Å²) in [5, 5.41) is 0. The molecular formula is C14H21F9O2. The molecule has 2 unspecified atom stereocenters. The zero-order valence-electron chi connectivity index (χ0n) is 14.3. The van der Waals surface area contributed by atoms with Gasteiger partial charge in [0, 0.05) is 6.42 Å². The third kappa shape index (κ3) is 10.8. The summed E-state index contributed by atoms with van der Waals surface area (Å²) in [5.74, 6) is 0. The molecule has 0 aromatic rings. The maximum Gasteiger partial charge on any atom is 0.523 e. The molecular weight excluding hydrogens is 371 g/mol. The summed E-state index contributed by atoms with van der Waals surface area (Å²) >= 11 is 0. The van der Waals surface area contributed by atoms with Crippen molar-refractivity contribution in [2.45, 2.75) is 84.0 Å². The topological polar surface area (TPSA) is 18.5 Å². The van der Waals surface area contributed by atoms with Crippen LogP contribution in [-0.4, -0.2) is 36.5 Å². The average molecular weight is 392 g/mol. The summed E-state index contributed by atoms with van der Waals surface area (Å²) in [6.45, 7) is 6.11. The van der Waals surface area contributed by atoms with E-state index in [0.29, 0.717) is 0 Å². The number of alkyl halides is 9. The molecule has 0 bridgehead atoms. The molecule has 152 valence electrons. The second kappa shape index (κ2) is 7.50. The Morgan fingerprint density at radius 2 is 0.960 bits per heavy atom. The van der Waals surface area contributed by atoms with Crippen molar-refractivity contribution < 1.29 is 49.0 Å².